The van der Waals surface area contributed by atoms with Gasteiger partial charge in [0.2, 0.25) is 0 Å². The van der Waals surface area contributed by atoms with Crippen molar-refractivity contribution < 1.29 is 22.8 Å². The summed E-state index contributed by atoms with van der Waals surface area (Å²) >= 11 is 0. The Morgan fingerprint density at radius 3 is 2.53 bits per heavy atom. The zero-order valence-electron chi connectivity index (χ0n) is 18.7. The van der Waals surface area contributed by atoms with Crippen LogP contribution in [-0.2, 0) is 25.9 Å². The third-order valence-corrected chi connectivity index (χ3v) is 5.77. The lowest BCUT2D eigenvalue weighted by molar-refractivity contribution is -0.127. The molecule has 9 heteroatoms. The molecule has 0 radical (unpaired) electrons. The summed E-state index contributed by atoms with van der Waals surface area (Å²) in [5.74, 6) is -0.450. The van der Waals surface area contributed by atoms with Gasteiger partial charge in [0.25, 0.3) is 5.91 Å². The van der Waals surface area contributed by atoms with Gasteiger partial charge < -0.3 is 10.6 Å². The summed E-state index contributed by atoms with van der Waals surface area (Å²) in [7, 11) is 0. The van der Waals surface area contributed by atoms with E-state index in [0.29, 0.717) is 37.2 Å². The molecule has 1 atom stereocenters. The number of amides is 1. The second-order valence-electron chi connectivity index (χ2n) is 8.37. The number of nitrogens with one attached hydrogen (secondary N) is 2. The smallest absolute Gasteiger partial charge is 0.320 e. The number of aromatic nitrogens is 2. The number of hydrogen-bond acceptors (Lipinski definition) is 4. The van der Waals surface area contributed by atoms with Gasteiger partial charge in [-0.25, -0.2) is 0 Å². The first kappa shape index (κ1) is 23.7. The summed E-state index contributed by atoms with van der Waals surface area (Å²) in [6, 6.07) is 15.1. The Bertz CT molecular complexity index is 1190. The summed E-state index contributed by atoms with van der Waals surface area (Å²) < 4.78 is 39.4. The first-order chi connectivity index (χ1) is 16.2. The summed E-state index contributed by atoms with van der Waals surface area (Å²) in [5, 5.41) is 10.6. The molecule has 3 aromatic rings. The van der Waals surface area contributed by atoms with Crippen LogP contribution in [0.25, 0.3) is 0 Å². The second kappa shape index (κ2) is 9.80. The van der Waals surface area contributed by atoms with Crippen LogP contribution < -0.4 is 10.6 Å². The van der Waals surface area contributed by atoms with E-state index in [1.165, 1.54) is 12.1 Å². The Kier molecular flexibility index (Phi) is 6.83. The van der Waals surface area contributed by atoms with Gasteiger partial charge in [-0.1, -0.05) is 43.3 Å². The number of Topliss-reactive ketones (excluding diaryl/α,β-unsaturated/α-hetero) is 1. The molecule has 2 heterocycles. The number of anilines is 1. The summed E-state index contributed by atoms with van der Waals surface area (Å²) in [6.45, 7) is 2.81. The molecule has 0 spiro atoms. The van der Waals surface area contributed by atoms with Gasteiger partial charge >= 0.3 is 6.18 Å². The predicted molar refractivity (Wildman–Crippen MR) is 122 cm³/mol. The van der Waals surface area contributed by atoms with Crippen LogP contribution in [0.15, 0.2) is 54.6 Å². The van der Waals surface area contributed by atoms with Gasteiger partial charge in [-0.15, -0.1) is 0 Å². The van der Waals surface area contributed by atoms with E-state index in [2.05, 4.69) is 15.7 Å². The molecule has 2 N–H and O–H groups in total. The number of carbonyl (C=O) groups excluding carboxylic acids is 2. The molecule has 1 aromatic heterocycles. The van der Waals surface area contributed by atoms with Crippen LogP contribution in [0.3, 0.4) is 0 Å². The molecule has 2 aromatic carbocycles. The molecule has 1 unspecified atom stereocenters. The minimum absolute atomic E-state index is 0.0275. The normalized spacial score (nSPS) is 15.6. The topological polar surface area (TPSA) is 76.0 Å². The summed E-state index contributed by atoms with van der Waals surface area (Å²) in [5.41, 5.74) is 3.20. The average molecular weight is 470 g/mol. The summed E-state index contributed by atoms with van der Waals surface area (Å²) in [4.78, 5) is 24.9. The van der Waals surface area contributed by atoms with E-state index < -0.39 is 18.5 Å². The third-order valence-electron chi connectivity index (χ3n) is 5.77. The zero-order chi connectivity index (χ0) is 24.3. The van der Waals surface area contributed by atoms with E-state index in [4.69, 9.17) is 0 Å². The minimum atomic E-state index is -4.22. The van der Waals surface area contributed by atoms with Gasteiger partial charge in [0.1, 0.15) is 0 Å². The van der Waals surface area contributed by atoms with Crippen molar-refractivity contribution in [2.75, 3.05) is 5.32 Å². The number of carbonyl (C=O) groups is 2. The van der Waals surface area contributed by atoms with Gasteiger partial charge in [-0.3, -0.25) is 14.3 Å². The predicted octanol–water partition coefficient (Wildman–Crippen LogP) is 4.55. The Morgan fingerprint density at radius 1 is 1.12 bits per heavy atom. The number of hydrogen-bond donors (Lipinski definition) is 2. The molecule has 178 valence electrons. The Balaban J connectivity index is 1.40. The van der Waals surface area contributed by atoms with Crippen LogP contribution in [0.5, 0.6) is 0 Å². The molecule has 1 amide bonds. The molecule has 0 aliphatic carbocycles. The first-order valence-electron chi connectivity index (χ1n) is 11.1. The van der Waals surface area contributed by atoms with E-state index in [-0.39, 0.29) is 23.1 Å². The fourth-order valence-corrected chi connectivity index (χ4v) is 4.05. The van der Waals surface area contributed by atoms with E-state index in [1.807, 2.05) is 0 Å². The Hall–Kier alpha value is -3.46. The van der Waals surface area contributed by atoms with Crippen LogP contribution >= 0.6 is 0 Å². The maximum Gasteiger partial charge on any atom is 0.393 e. The van der Waals surface area contributed by atoms with Crippen molar-refractivity contribution in [3.05, 3.63) is 82.7 Å². The number of rotatable bonds is 7. The first-order valence-corrected chi connectivity index (χ1v) is 11.1. The van der Waals surface area contributed by atoms with Crippen molar-refractivity contribution in [3.8, 4) is 0 Å². The van der Waals surface area contributed by atoms with E-state index >= 15 is 0 Å². The highest BCUT2D eigenvalue weighted by Gasteiger charge is 2.27. The zero-order valence-corrected chi connectivity index (χ0v) is 18.7. The van der Waals surface area contributed by atoms with Gasteiger partial charge in [-0.05, 0) is 35.7 Å². The van der Waals surface area contributed by atoms with Crippen LogP contribution in [-0.4, -0.2) is 33.7 Å². The summed E-state index contributed by atoms with van der Waals surface area (Å²) in [6.07, 6.45) is -4.20. The molecule has 0 saturated carbocycles. The fraction of sp³-hybridized carbons (Fsp3) is 0.320. The van der Waals surface area contributed by atoms with Crippen molar-refractivity contribution >= 4 is 17.4 Å². The van der Waals surface area contributed by atoms with Crippen molar-refractivity contribution in [1.29, 1.82) is 0 Å². The van der Waals surface area contributed by atoms with Gasteiger partial charge in [0, 0.05) is 24.6 Å². The Labute approximate surface area is 195 Å². The molecule has 4 rings (SSSR count). The number of benzene rings is 2. The molecule has 1 aliphatic heterocycles. The molecule has 0 saturated heterocycles. The molecular formula is C25H25F3N4O2. The monoisotopic (exact) mass is 470 g/mol. The van der Waals surface area contributed by atoms with E-state index in [1.54, 1.807) is 54.1 Å². The molecular weight excluding hydrogens is 445 g/mol. The van der Waals surface area contributed by atoms with Crippen molar-refractivity contribution in [1.82, 2.24) is 15.1 Å². The van der Waals surface area contributed by atoms with Crippen LogP contribution in [0.4, 0.5) is 18.9 Å². The highest BCUT2D eigenvalue weighted by molar-refractivity contribution is 6.08. The van der Waals surface area contributed by atoms with Gasteiger partial charge in [-0.2, -0.15) is 18.3 Å². The third kappa shape index (κ3) is 5.72. The second-order valence-corrected chi connectivity index (χ2v) is 8.37. The minimum Gasteiger partial charge on any atom is -0.320 e. The van der Waals surface area contributed by atoms with Crippen LogP contribution in [0, 0.1) is 0 Å². The van der Waals surface area contributed by atoms with E-state index in [9.17, 15) is 22.8 Å². The molecule has 0 fully saturated rings. The number of fused-ring (bicyclic) bond motifs is 1. The average Bonchev–Trinajstić information content (AvgIpc) is 3.23. The molecule has 0 bridgehead atoms. The maximum atomic E-state index is 12.8. The number of halogens is 3. The molecule has 6 nitrogen and oxygen atoms in total. The van der Waals surface area contributed by atoms with Crippen molar-refractivity contribution in [2.24, 2.45) is 0 Å². The lowest BCUT2D eigenvalue weighted by Gasteiger charge is -2.25. The highest BCUT2D eigenvalue weighted by atomic mass is 19.4. The quantitative estimate of drug-likeness (QED) is 0.497. The number of para-hydroxylation sites is 1. The van der Waals surface area contributed by atoms with Crippen molar-refractivity contribution in [3.63, 3.8) is 0 Å². The maximum absolute atomic E-state index is 12.8. The number of ketones is 1. The lowest BCUT2D eigenvalue weighted by Crippen LogP contribution is -2.40. The SMILES string of the molecule is CCC(=O)c1ccccc1NC(=O)c1cc2n(n1)CC(Cc1ccc(CC(F)(F)F)cc1)NC2. The fourth-order valence-electron chi connectivity index (χ4n) is 4.05. The number of alkyl halides is 3. The standard InChI is InChI=1S/C25H25F3N4O2/c1-2-23(33)20-5-3-4-6-21(20)30-24(34)22-12-19-14-29-18(15-32(19)31-22)11-16-7-9-17(10-8-16)13-25(26,27)28/h3-10,12,18,29H,2,11,13-15H2,1H3,(H,30,34). The molecule has 34 heavy (non-hydrogen) atoms. The molecule has 1 aliphatic rings. The van der Waals surface area contributed by atoms with Gasteiger partial charge in [0.05, 0.1) is 24.3 Å². The van der Waals surface area contributed by atoms with Crippen molar-refractivity contribution in [2.45, 2.75) is 51.5 Å². The Morgan fingerprint density at radius 2 is 1.82 bits per heavy atom. The number of nitrogens with zero attached hydrogens (tertiary/aromatic N) is 2. The van der Waals surface area contributed by atoms with Crippen LogP contribution in [0.1, 0.15) is 51.0 Å². The largest absolute Gasteiger partial charge is 0.393 e. The van der Waals surface area contributed by atoms with Gasteiger partial charge in [0.15, 0.2) is 11.5 Å². The highest BCUT2D eigenvalue weighted by Crippen LogP contribution is 2.22. The van der Waals surface area contributed by atoms with Crippen LogP contribution in [0.2, 0.25) is 0 Å². The lowest BCUT2D eigenvalue weighted by atomic mass is 10.0. The van der Waals surface area contributed by atoms with E-state index in [0.717, 1.165) is 11.3 Å².